The van der Waals surface area contributed by atoms with Crippen molar-refractivity contribution in [2.75, 3.05) is 0 Å². The van der Waals surface area contributed by atoms with Gasteiger partial charge in [-0.05, 0) is 30.0 Å². The van der Waals surface area contributed by atoms with E-state index in [1.807, 2.05) is 6.20 Å². The molecule has 0 aromatic rings. The van der Waals surface area contributed by atoms with Gasteiger partial charge in [-0.2, -0.15) is 0 Å². The zero-order chi connectivity index (χ0) is 12.3. The summed E-state index contributed by atoms with van der Waals surface area (Å²) in [6.45, 7) is 18.9. The zero-order valence-corrected chi connectivity index (χ0v) is 11.3. The van der Waals surface area contributed by atoms with E-state index in [1.54, 1.807) is 0 Å². The number of hydrogen-bond donors (Lipinski definition) is 0. The van der Waals surface area contributed by atoms with Crippen molar-refractivity contribution >= 4 is 6.72 Å². The first-order chi connectivity index (χ1) is 6.59. The van der Waals surface area contributed by atoms with E-state index in [2.05, 4.69) is 66.3 Å². The maximum atomic E-state index is 3.88. The van der Waals surface area contributed by atoms with E-state index < -0.39 is 0 Å². The maximum Gasteiger partial charge on any atom is 0.0297 e. The van der Waals surface area contributed by atoms with Crippen LogP contribution in [0, 0.1) is 10.8 Å². The van der Waals surface area contributed by atoms with Crippen molar-refractivity contribution in [3.8, 4) is 0 Å². The monoisotopic (exact) mass is 207 g/mol. The molecule has 0 radical (unpaired) electrons. The highest BCUT2D eigenvalue weighted by Gasteiger charge is 2.18. The lowest BCUT2D eigenvalue weighted by Gasteiger charge is -2.24. The summed E-state index contributed by atoms with van der Waals surface area (Å²) < 4.78 is 0. The molecule has 0 fully saturated rings. The molecule has 0 rings (SSSR count). The van der Waals surface area contributed by atoms with Crippen LogP contribution in [-0.4, -0.2) is 6.72 Å². The van der Waals surface area contributed by atoms with E-state index in [4.69, 9.17) is 0 Å². The molecule has 0 amide bonds. The molecule has 0 unspecified atom stereocenters. The van der Waals surface area contributed by atoms with E-state index in [0.717, 1.165) is 0 Å². The van der Waals surface area contributed by atoms with Crippen molar-refractivity contribution in [2.45, 2.75) is 48.5 Å². The average molecular weight is 207 g/mol. The van der Waals surface area contributed by atoms with Gasteiger partial charge in [-0.15, -0.1) is 0 Å². The van der Waals surface area contributed by atoms with Crippen molar-refractivity contribution in [2.24, 2.45) is 15.8 Å². The molecule has 1 nitrogen and oxygen atoms in total. The van der Waals surface area contributed by atoms with Gasteiger partial charge in [0.1, 0.15) is 0 Å². The quantitative estimate of drug-likeness (QED) is 0.463. The summed E-state index contributed by atoms with van der Waals surface area (Å²) in [6, 6.07) is 0. The molecule has 86 valence electrons. The number of nitrogens with zero attached hydrogens (tertiary/aromatic N) is 1. The molecule has 0 bridgehead atoms. The molecule has 0 saturated carbocycles. The van der Waals surface area contributed by atoms with Gasteiger partial charge in [0.05, 0.1) is 0 Å². The maximum absolute atomic E-state index is 3.88. The molecule has 0 saturated heterocycles. The molecule has 0 aliphatic rings. The molecule has 0 aliphatic carbocycles. The van der Waals surface area contributed by atoms with Crippen molar-refractivity contribution in [3.63, 3.8) is 0 Å². The summed E-state index contributed by atoms with van der Waals surface area (Å²) in [5.74, 6) is 0. The van der Waals surface area contributed by atoms with Gasteiger partial charge in [-0.25, -0.2) is 0 Å². The van der Waals surface area contributed by atoms with Crippen molar-refractivity contribution < 1.29 is 0 Å². The van der Waals surface area contributed by atoms with E-state index in [1.165, 1.54) is 11.1 Å². The summed E-state index contributed by atoms with van der Waals surface area (Å²) in [4.78, 5) is 3.88. The van der Waals surface area contributed by atoms with Gasteiger partial charge in [0.25, 0.3) is 0 Å². The summed E-state index contributed by atoms with van der Waals surface area (Å²) in [6.07, 6.45) is 4.09. The normalized spacial score (nSPS) is 15.4. The van der Waals surface area contributed by atoms with Crippen molar-refractivity contribution in [1.29, 1.82) is 0 Å². The largest absolute Gasteiger partial charge is 0.272 e. The Kier molecular flexibility index (Phi) is 4.51. The zero-order valence-electron chi connectivity index (χ0n) is 11.3. The van der Waals surface area contributed by atoms with Crippen LogP contribution in [0.1, 0.15) is 48.5 Å². The molecular weight excluding hydrogens is 182 g/mol. The Morgan fingerprint density at radius 1 is 1.00 bits per heavy atom. The number of rotatable bonds is 2. The molecular formula is C14H25N. The Balaban J connectivity index is 5.19. The van der Waals surface area contributed by atoms with Crippen LogP contribution in [0.5, 0.6) is 0 Å². The predicted octanol–water partition coefficient (Wildman–Crippen LogP) is 4.61. The summed E-state index contributed by atoms with van der Waals surface area (Å²) in [7, 11) is 0. The highest BCUT2D eigenvalue weighted by molar-refractivity contribution is 5.33. The van der Waals surface area contributed by atoms with Crippen molar-refractivity contribution in [1.82, 2.24) is 0 Å². The van der Waals surface area contributed by atoms with Gasteiger partial charge in [0.15, 0.2) is 0 Å². The van der Waals surface area contributed by atoms with Gasteiger partial charge in [0.2, 0.25) is 0 Å². The Morgan fingerprint density at radius 3 is 1.73 bits per heavy atom. The van der Waals surface area contributed by atoms with E-state index in [0.29, 0.717) is 0 Å². The van der Waals surface area contributed by atoms with Crippen LogP contribution in [-0.2, 0) is 0 Å². The van der Waals surface area contributed by atoms with Gasteiger partial charge in [-0.3, -0.25) is 4.99 Å². The first-order valence-electron chi connectivity index (χ1n) is 5.44. The average Bonchev–Trinajstić information content (AvgIpc) is 1.99. The van der Waals surface area contributed by atoms with Gasteiger partial charge in [-0.1, -0.05) is 53.2 Å². The highest BCUT2D eigenvalue weighted by atomic mass is 14.6. The summed E-state index contributed by atoms with van der Waals surface area (Å²) in [5.41, 5.74) is 2.93. The SMILES string of the molecule is C=N/C=C(\C=C(/C)C(C)(C)C)C(C)(C)C. The second kappa shape index (κ2) is 4.78. The first kappa shape index (κ1) is 14.2. The fourth-order valence-electron chi connectivity index (χ4n) is 0.996. The number of aliphatic imine (C=N–C) groups is 1. The van der Waals surface area contributed by atoms with Gasteiger partial charge < -0.3 is 0 Å². The third-order valence-corrected chi connectivity index (χ3v) is 2.65. The Hall–Kier alpha value is -0.850. The van der Waals surface area contributed by atoms with E-state index in [9.17, 15) is 0 Å². The number of allylic oxidation sites excluding steroid dienone is 3. The fourth-order valence-corrected chi connectivity index (χ4v) is 0.996. The molecule has 0 N–H and O–H groups in total. The molecule has 15 heavy (non-hydrogen) atoms. The van der Waals surface area contributed by atoms with Crippen LogP contribution in [0.25, 0.3) is 0 Å². The second-order valence-corrected chi connectivity index (χ2v) is 6.09. The lowest BCUT2D eigenvalue weighted by atomic mass is 9.81. The standard InChI is InChI=1S/C14H25N/c1-11(13(2,3)4)9-12(10-15-8)14(5,6)7/h9-10H,8H2,1-7H3/b11-9+,12-10+. The lowest BCUT2D eigenvalue weighted by molar-refractivity contribution is 0.489. The Labute approximate surface area is 95.0 Å². The van der Waals surface area contributed by atoms with E-state index in [-0.39, 0.29) is 10.8 Å². The molecule has 0 aliphatic heterocycles. The third-order valence-electron chi connectivity index (χ3n) is 2.65. The number of hydrogen-bond acceptors (Lipinski definition) is 1. The molecule has 0 aromatic heterocycles. The summed E-state index contributed by atoms with van der Waals surface area (Å²) >= 11 is 0. The van der Waals surface area contributed by atoms with Crippen LogP contribution in [0.3, 0.4) is 0 Å². The highest BCUT2D eigenvalue weighted by Crippen LogP contribution is 2.32. The molecule has 1 heteroatoms. The van der Waals surface area contributed by atoms with Crippen LogP contribution < -0.4 is 0 Å². The second-order valence-electron chi connectivity index (χ2n) is 6.09. The van der Waals surface area contributed by atoms with Crippen LogP contribution in [0.2, 0.25) is 0 Å². The van der Waals surface area contributed by atoms with Crippen LogP contribution >= 0.6 is 0 Å². The van der Waals surface area contributed by atoms with Crippen LogP contribution in [0.15, 0.2) is 28.4 Å². The summed E-state index contributed by atoms with van der Waals surface area (Å²) in [5, 5.41) is 0. The third kappa shape index (κ3) is 4.96. The first-order valence-corrected chi connectivity index (χ1v) is 5.44. The minimum absolute atomic E-state index is 0.119. The molecule has 0 spiro atoms. The van der Waals surface area contributed by atoms with Gasteiger partial charge in [0, 0.05) is 6.20 Å². The van der Waals surface area contributed by atoms with Crippen LogP contribution in [0.4, 0.5) is 0 Å². The van der Waals surface area contributed by atoms with Gasteiger partial charge >= 0.3 is 0 Å². The smallest absolute Gasteiger partial charge is 0.0297 e. The predicted molar refractivity (Wildman–Crippen MR) is 70.3 cm³/mol. The molecule has 0 heterocycles. The minimum Gasteiger partial charge on any atom is -0.272 e. The van der Waals surface area contributed by atoms with Crippen molar-refractivity contribution in [3.05, 3.63) is 23.4 Å². The Bertz CT molecular complexity index is 279. The molecule has 0 aromatic carbocycles. The molecule has 0 atom stereocenters. The lowest BCUT2D eigenvalue weighted by Crippen LogP contribution is -2.11. The fraction of sp³-hybridized carbons (Fsp3) is 0.643. The Morgan fingerprint density at radius 2 is 1.47 bits per heavy atom. The topological polar surface area (TPSA) is 12.4 Å². The van der Waals surface area contributed by atoms with E-state index >= 15 is 0 Å². The minimum atomic E-state index is 0.119.